The van der Waals surface area contributed by atoms with E-state index in [4.69, 9.17) is 14.2 Å². The molecule has 0 spiro atoms. The number of hydrogen-bond acceptors (Lipinski definition) is 9. The van der Waals surface area contributed by atoms with Gasteiger partial charge in [-0.15, -0.1) is 11.8 Å². The van der Waals surface area contributed by atoms with Gasteiger partial charge in [-0.2, -0.15) is 0 Å². The molecule has 1 aliphatic rings. The van der Waals surface area contributed by atoms with Crippen molar-refractivity contribution in [3.05, 3.63) is 52.0 Å². The highest BCUT2D eigenvalue weighted by atomic mass is 32.2. The number of pyridine rings is 1. The number of benzene rings is 1. The molecule has 0 aliphatic carbocycles. The Morgan fingerprint density at radius 3 is 2.48 bits per heavy atom. The van der Waals surface area contributed by atoms with E-state index < -0.39 is 28.6 Å². The molecule has 1 aliphatic heterocycles. The van der Waals surface area contributed by atoms with Gasteiger partial charge in [-0.3, -0.25) is 14.6 Å². The minimum Gasteiger partial charge on any atom is -0.465 e. The first-order chi connectivity index (χ1) is 15.0. The lowest BCUT2D eigenvalue weighted by Crippen LogP contribution is -2.44. The van der Waals surface area contributed by atoms with Crippen LogP contribution in [0.4, 0.5) is 0 Å². The van der Waals surface area contributed by atoms with Crippen molar-refractivity contribution in [2.45, 2.75) is 18.6 Å². The summed E-state index contributed by atoms with van der Waals surface area (Å²) in [5.41, 5.74) is 0.345. The fraction of sp³-hybridized carbons (Fsp3) is 0.364. The first kappa shape index (κ1) is 23.1. The SMILES string of the molecule is CCOC(=O)C1C(SC)=C(C(=O)OC)SC1(C(=O)OCC)c1nccc2ccccc12. The molecule has 2 unspecified atom stereocenters. The highest BCUT2D eigenvalue weighted by Gasteiger charge is 2.62. The zero-order valence-electron chi connectivity index (χ0n) is 17.7. The van der Waals surface area contributed by atoms with Gasteiger partial charge in [0.05, 0.1) is 26.0 Å². The highest BCUT2D eigenvalue weighted by molar-refractivity contribution is 8.09. The summed E-state index contributed by atoms with van der Waals surface area (Å²) in [5, 5.41) is 1.53. The average molecular weight is 462 g/mol. The molecular formula is C22H23NO6S2. The summed E-state index contributed by atoms with van der Waals surface area (Å²) < 4.78 is 14.1. The van der Waals surface area contributed by atoms with Gasteiger partial charge >= 0.3 is 17.9 Å². The maximum atomic E-state index is 13.6. The first-order valence-corrected chi connectivity index (χ1v) is 11.7. The molecule has 164 valence electrons. The summed E-state index contributed by atoms with van der Waals surface area (Å²) in [6, 6.07) is 9.24. The maximum absolute atomic E-state index is 13.6. The summed E-state index contributed by atoms with van der Waals surface area (Å²) in [7, 11) is 1.26. The highest BCUT2D eigenvalue weighted by Crippen LogP contribution is 2.60. The third-order valence-corrected chi connectivity index (χ3v) is 7.39. The number of aromatic nitrogens is 1. The van der Waals surface area contributed by atoms with E-state index in [0.717, 1.165) is 17.1 Å². The molecule has 3 rings (SSSR count). The lowest BCUT2D eigenvalue weighted by atomic mass is 9.85. The van der Waals surface area contributed by atoms with Gasteiger partial charge in [-0.1, -0.05) is 36.0 Å². The second kappa shape index (κ2) is 9.74. The summed E-state index contributed by atoms with van der Waals surface area (Å²) in [5.74, 6) is -3.03. The van der Waals surface area contributed by atoms with Crippen molar-refractivity contribution in [3.63, 3.8) is 0 Å². The topological polar surface area (TPSA) is 91.8 Å². The van der Waals surface area contributed by atoms with Crippen LogP contribution in [0.3, 0.4) is 0 Å². The van der Waals surface area contributed by atoms with Crippen LogP contribution in [0.2, 0.25) is 0 Å². The zero-order chi connectivity index (χ0) is 22.6. The molecule has 0 amide bonds. The smallest absolute Gasteiger partial charge is 0.345 e. The molecule has 1 aromatic heterocycles. The summed E-state index contributed by atoms with van der Waals surface area (Å²) in [6.45, 7) is 3.60. The Bertz CT molecular complexity index is 1050. The Balaban J connectivity index is 2.37. The van der Waals surface area contributed by atoms with Crippen molar-refractivity contribution >= 4 is 52.2 Å². The van der Waals surface area contributed by atoms with Crippen LogP contribution >= 0.6 is 23.5 Å². The van der Waals surface area contributed by atoms with Gasteiger partial charge in [0.2, 0.25) is 0 Å². The van der Waals surface area contributed by atoms with E-state index in [1.54, 1.807) is 26.3 Å². The van der Waals surface area contributed by atoms with Crippen molar-refractivity contribution in [1.29, 1.82) is 0 Å². The zero-order valence-corrected chi connectivity index (χ0v) is 19.3. The number of ether oxygens (including phenoxy) is 3. The number of thioether (sulfide) groups is 2. The second-order valence-corrected chi connectivity index (χ2v) is 8.62. The van der Waals surface area contributed by atoms with Crippen LogP contribution in [-0.4, -0.2) is 49.5 Å². The van der Waals surface area contributed by atoms with E-state index >= 15 is 0 Å². The third kappa shape index (κ3) is 3.92. The summed E-state index contributed by atoms with van der Waals surface area (Å²) >= 11 is 2.15. The second-order valence-electron chi connectivity index (χ2n) is 6.51. The first-order valence-electron chi connectivity index (χ1n) is 9.69. The van der Waals surface area contributed by atoms with E-state index in [1.807, 2.05) is 30.3 Å². The summed E-state index contributed by atoms with van der Waals surface area (Å²) in [6.07, 6.45) is 3.32. The van der Waals surface area contributed by atoms with Gasteiger partial charge in [0.15, 0.2) is 4.75 Å². The standard InChI is InChI=1S/C22H23NO6S2/c1-5-28-19(24)15-16(30-4)17(20(25)27-3)31-22(15,21(26)29-6-2)18-14-10-8-7-9-13(14)11-12-23-18/h7-12,15H,5-6H2,1-4H3. The largest absolute Gasteiger partial charge is 0.465 e. The quantitative estimate of drug-likeness (QED) is 0.452. The molecular weight excluding hydrogens is 438 g/mol. The predicted molar refractivity (Wildman–Crippen MR) is 120 cm³/mol. The molecule has 0 saturated heterocycles. The van der Waals surface area contributed by atoms with Gasteiger partial charge in [0.25, 0.3) is 0 Å². The Kier molecular flexibility index (Phi) is 7.27. The summed E-state index contributed by atoms with van der Waals surface area (Å²) in [4.78, 5) is 44.5. The van der Waals surface area contributed by atoms with Crippen LogP contribution in [0, 0.1) is 5.92 Å². The van der Waals surface area contributed by atoms with E-state index in [9.17, 15) is 14.4 Å². The van der Waals surface area contributed by atoms with Gasteiger partial charge in [-0.25, -0.2) is 4.79 Å². The lowest BCUT2D eigenvalue weighted by molar-refractivity contribution is -0.156. The van der Waals surface area contributed by atoms with Crippen molar-refractivity contribution in [2.75, 3.05) is 26.6 Å². The number of methoxy groups -OCH3 is 1. The van der Waals surface area contributed by atoms with Crippen molar-refractivity contribution < 1.29 is 28.6 Å². The number of nitrogens with zero attached hydrogens (tertiary/aromatic N) is 1. The number of rotatable bonds is 7. The Morgan fingerprint density at radius 2 is 1.84 bits per heavy atom. The molecule has 7 nitrogen and oxygen atoms in total. The molecule has 2 heterocycles. The van der Waals surface area contributed by atoms with E-state index in [2.05, 4.69) is 4.98 Å². The van der Waals surface area contributed by atoms with Crippen LogP contribution < -0.4 is 0 Å². The molecule has 1 aromatic carbocycles. The molecule has 0 bridgehead atoms. The Hall–Kier alpha value is -2.52. The normalized spacial score (nSPS) is 20.6. The van der Waals surface area contributed by atoms with Crippen LogP contribution in [0.5, 0.6) is 0 Å². The fourth-order valence-corrected chi connectivity index (χ4v) is 6.29. The van der Waals surface area contributed by atoms with Gasteiger partial charge < -0.3 is 14.2 Å². The lowest BCUT2D eigenvalue weighted by Gasteiger charge is -2.32. The van der Waals surface area contributed by atoms with Gasteiger partial charge in [-0.05, 0) is 31.6 Å². The van der Waals surface area contributed by atoms with Crippen LogP contribution in [0.1, 0.15) is 19.5 Å². The molecule has 0 fully saturated rings. The maximum Gasteiger partial charge on any atom is 0.345 e. The Labute approximate surface area is 188 Å². The number of hydrogen-bond donors (Lipinski definition) is 0. The van der Waals surface area contributed by atoms with Gasteiger partial charge in [0, 0.05) is 16.5 Å². The van der Waals surface area contributed by atoms with E-state index in [0.29, 0.717) is 16.0 Å². The molecule has 0 N–H and O–H groups in total. The number of esters is 3. The third-order valence-electron chi connectivity index (χ3n) is 4.87. The van der Waals surface area contributed by atoms with E-state index in [-0.39, 0.29) is 18.1 Å². The van der Waals surface area contributed by atoms with Crippen molar-refractivity contribution in [1.82, 2.24) is 4.98 Å². The van der Waals surface area contributed by atoms with Gasteiger partial charge in [0.1, 0.15) is 10.8 Å². The number of carbonyl (C=O) groups is 3. The van der Waals surface area contributed by atoms with Crippen LogP contribution in [0.15, 0.2) is 46.3 Å². The molecule has 2 aromatic rings. The molecule has 9 heteroatoms. The average Bonchev–Trinajstić information content (AvgIpc) is 3.15. The monoisotopic (exact) mass is 461 g/mol. The minimum atomic E-state index is -1.63. The fourth-order valence-electron chi connectivity index (χ4n) is 3.63. The van der Waals surface area contributed by atoms with Crippen molar-refractivity contribution in [2.24, 2.45) is 5.92 Å². The van der Waals surface area contributed by atoms with E-state index in [1.165, 1.54) is 18.9 Å². The van der Waals surface area contributed by atoms with Crippen molar-refractivity contribution in [3.8, 4) is 0 Å². The minimum absolute atomic E-state index is 0.101. The van der Waals surface area contributed by atoms with Crippen LogP contribution in [-0.2, 0) is 33.3 Å². The predicted octanol–water partition coefficient (Wildman–Crippen LogP) is 3.67. The Morgan fingerprint density at radius 1 is 1.13 bits per heavy atom. The molecule has 2 atom stereocenters. The van der Waals surface area contributed by atoms with Crippen LogP contribution in [0.25, 0.3) is 10.8 Å². The number of carbonyl (C=O) groups excluding carboxylic acids is 3. The molecule has 0 radical (unpaired) electrons. The molecule has 31 heavy (non-hydrogen) atoms. The molecule has 0 saturated carbocycles. The number of fused-ring (bicyclic) bond motifs is 1.